The normalized spacial score (nSPS) is 14.2. The van der Waals surface area contributed by atoms with Crippen LogP contribution in [-0.4, -0.2) is 16.3 Å². The maximum atomic E-state index is 10.0. The average Bonchev–Trinajstić information content (AvgIpc) is 3.19. The molecule has 0 spiro atoms. The van der Waals surface area contributed by atoms with Gasteiger partial charge in [0.15, 0.2) is 5.89 Å². The molecule has 4 rings (SSSR count). The van der Waals surface area contributed by atoms with E-state index >= 15 is 0 Å². The zero-order chi connectivity index (χ0) is 17.2. The number of hydrogen-bond acceptors (Lipinski definition) is 4. The number of benzene rings is 2. The third-order valence-electron chi connectivity index (χ3n) is 4.07. The monoisotopic (exact) mass is 350 g/mol. The zero-order valence-corrected chi connectivity index (χ0v) is 14.1. The highest BCUT2D eigenvalue weighted by molar-refractivity contribution is 6.30. The Bertz CT molecular complexity index is 972. The first-order valence-corrected chi connectivity index (χ1v) is 8.35. The number of aliphatic imine (C=N–C) groups is 1. The number of halogens is 1. The summed E-state index contributed by atoms with van der Waals surface area (Å²) in [5, 5.41) is 10.8. The third kappa shape index (κ3) is 3.35. The minimum Gasteiger partial charge on any atom is -0.479 e. The summed E-state index contributed by atoms with van der Waals surface area (Å²) < 4.78 is 5.39. The molecule has 3 aromatic rings. The number of oxazole rings is 1. The van der Waals surface area contributed by atoms with E-state index < -0.39 is 0 Å². The molecule has 124 valence electrons. The van der Waals surface area contributed by atoms with Gasteiger partial charge in [-0.05, 0) is 36.3 Å². The van der Waals surface area contributed by atoms with Crippen molar-refractivity contribution in [3.63, 3.8) is 0 Å². The van der Waals surface area contributed by atoms with E-state index in [9.17, 15) is 5.11 Å². The van der Waals surface area contributed by atoms with E-state index in [0.717, 1.165) is 28.8 Å². The molecule has 0 aliphatic carbocycles. The molecule has 0 atom stereocenters. The molecule has 0 unspecified atom stereocenters. The topological polar surface area (TPSA) is 58.6 Å². The lowest BCUT2D eigenvalue weighted by atomic mass is 10.1. The first-order chi connectivity index (χ1) is 12.2. The van der Waals surface area contributed by atoms with Gasteiger partial charge in [-0.15, -0.1) is 0 Å². The second-order valence-electron chi connectivity index (χ2n) is 5.80. The van der Waals surface area contributed by atoms with Crippen molar-refractivity contribution in [2.75, 3.05) is 0 Å². The summed E-state index contributed by atoms with van der Waals surface area (Å²) in [5.41, 5.74) is 4.40. The van der Waals surface area contributed by atoms with Crippen molar-refractivity contribution in [1.82, 2.24) is 4.98 Å². The Kier molecular flexibility index (Phi) is 4.12. The number of rotatable bonds is 4. The van der Waals surface area contributed by atoms with Gasteiger partial charge in [0.2, 0.25) is 0 Å². The van der Waals surface area contributed by atoms with Gasteiger partial charge in [0.25, 0.3) is 0 Å². The van der Waals surface area contributed by atoms with Crippen LogP contribution in [0, 0.1) is 0 Å². The molecule has 1 N–H and O–H groups in total. The van der Waals surface area contributed by atoms with Crippen molar-refractivity contribution in [1.29, 1.82) is 0 Å². The van der Waals surface area contributed by atoms with E-state index in [2.05, 4.69) is 9.98 Å². The van der Waals surface area contributed by atoms with Crippen LogP contribution in [0.25, 0.3) is 11.6 Å². The van der Waals surface area contributed by atoms with Gasteiger partial charge >= 0.3 is 5.95 Å². The Morgan fingerprint density at radius 3 is 2.68 bits per heavy atom. The van der Waals surface area contributed by atoms with Crippen LogP contribution in [0.3, 0.4) is 0 Å². The number of aryl methyl sites for hydroxylation is 2. The SMILES string of the molecule is Oc1oc(CCc2ccc(Cl)cc2)nc1/C=C1\C=Nc2ccccc21. The summed E-state index contributed by atoms with van der Waals surface area (Å²) >= 11 is 5.89. The standard InChI is InChI=1S/C20H15ClN2O2/c21-15-8-5-13(6-9-15)7-10-19-23-18(20(24)25-19)11-14-12-22-17-4-2-1-3-16(14)17/h1-6,8-9,11-12,24H,7,10H2/b14-11+. The van der Waals surface area contributed by atoms with E-state index in [-0.39, 0.29) is 5.95 Å². The van der Waals surface area contributed by atoms with Crippen LogP contribution in [-0.2, 0) is 12.8 Å². The summed E-state index contributed by atoms with van der Waals surface area (Å²) in [6, 6.07) is 15.5. The Morgan fingerprint density at radius 2 is 1.84 bits per heavy atom. The molecule has 0 fully saturated rings. The fourth-order valence-electron chi connectivity index (χ4n) is 2.77. The van der Waals surface area contributed by atoms with Crippen molar-refractivity contribution in [3.05, 3.63) is 76.3 Å². The Balaban J connectivity index is 1.52. The van der Waals surface area contributed by atoms with Crippen molar-refractivity contribution in [2.24, 2.45) is 4.99 Å². The molecule has 0 saturated carbocycles. The third-order valence-corrected chi connectivity index (χ3v) is 4.32. The average molecular weight is 351 g/mol. The van der Waals surface area contributed by atoms with Gasteiger partial charge in [-0.1, -0.05) is 41.9 Å². The molecule has 0 amide bonds. The van der Waals surface area contributed by atoms with Crippen LogP contribution in [0.4, 0.5) is 5.69 Å². The minimum absolute atomic E-state index is 0.170. The van der Waals surface area contributed by atoms with Gasteiger partial charge in [0.1, 0.15) is 5.69 Å². The van der Waals surface area contributed by atoms with Crippen LogP contribution < -0.4 is 0 Å². The fourth-order valence-corrected chi connectivity index (χ4v) is 2.90. The highest BCUT2D eigenvalue weighted by Crippen LogP contribution is 2.33. The molecule has 1 aromatic heterocycles. The molecule has 1 aliphatic heterocycles. The molecular formula is C20H15ClN2O2. The van der Waals surface area contributed by atoms with Crippen LogP contribution in [0.5, 0.6) is 5.95 Å². The Hall–Kier alpha value is -2.85. The summed E-state index contributed by atoms with van der Waals surface area (Å²) in [6.07, 6.45) is 4.92. The first kappa shape index (κ1) is 15.7. The minimum atomic E-state index is -0.170. The van der Waals surface area contributed by atoms with Gasteiger partial charge in [0, 0.05) is 28.8 Å². The lowest BCUT2D eigenvalue weighted by molar-refractivity contribution is 0.316. The highest BCUT2D eigenvalue weighted by Gasteiger charge is 2.15. The lowest BCUT2D eigenvalue weighted by Gasteiger charge is -1.98. The molecule has 0 radical (unpaired) electrons. The van der Waals surface area contributed by atoms with E-state index in [1.165, 1.54) is 0 Å². The number of aromatic nitrogens is 1. The molecule has 2 aromatic carbocycles. The van der Waals surface area contributed by atoms with Gasteiger partial charge in [-0.3, -0.25) is 4.99 Å². The molecule has 1 aliphatic rings. The second-order valence-corrected chi connectivity index (χ2v) is 6.24. The van der Waals surface area contributed by atoms with Crippen LogP contribution in [0.15, 0.2) is 57.9 Å². The van der Waals surface area contributed by atoms with Crippen LogP contribution in [0.1, 0.15) is 22.7 Å². The number of para-hydroxylation sites is 1. The van der Waals surface area contributed by atoms with Crippen LogP contribution >= 0.6 is 11.6 Å². The van der Waals surface area contributed by atoms with Crippen molar-refractivity contribution < 1.29 is 9.52 Å². The number of fused-ring (bicyclic) bond motifs is 1. The van der Waals surface area contributed by atoms with Gasteiger partial charge in [0.05, 0.1) is 5.69 Å². The summed E-state index contributed by atoms with van der Waals surface area (Å²) in [5.74, 6) is 0.332. The van der Waals surface area contributed by atoms with E-state index in [1.54, 1.807) is 12.3 Å². The van der Waals surface area contributed by atoms with Gasteiger partial charge in [-0.25, -0.2) is 4.98 Å². The van der Waals surface area contributed by atoms with Crippen molar-refractivity contribution in [2.45, 2.75) is 12.8 Å². The number of nitrogens with zero attached hydrogens (tertiary/aromatic N) is 2. The predicted octanol–water partition coefficient (Wildman–Crippen LogP) is 5.08. The number of allylic oxidation sites excluding steroid dienone is 1. The van der Waals surface area contributed by atoms with Crippen LogP contribution in [0.2, 0.25) is 5.02 Å². The fraction of sp³-hybridized carbons (Fsp3) is 0.100. The second kappa shape index (κ2) is 6.57. The summed E-state index contributed by atoms with van der Waals surface area (Å²) in [7, 11) is 0. The van der Waals surface area contributed by atoms with Gasteiger partial charge in [-0.2, -0.15) is 0 Å². The Labute approximate surface area is 150 Å². The van der Waals surface area contributed by atoms with Crippen molar-refractivity contribution in [3.8, 4) is 5.95 Å². The molecule has 5 heteroatoms. The highest BCUT2D eigenvalue weighted by atomic mass is 35.5. The Morgan fingerprint density at radius 1 is 1.04 bits per heavy atom. The number of aromatic hydroxyl groups is 1. The quantitative estimate of drug-likeness (QED) is 0.714. The molecular weight excluding hydrogens is 336 g/mol. The molecule has 0 saturated heterocycles. The first-order valence-electron chi connectivity index (χ1n) is 7.97. The van der Waals surface area contributed by atoms with E-state index in [1.807, 2.05) is 48.5 Å². The molecule has 2 heterocycles. The van der Waals surface area contributed by atoms with Gasteiger partial charge < -0.3 is 9.52 Å². The predicted molar refractivity (Wildman–Crippen MR) is 99.5 cm³/mol. The zero-order valence-electron chi connectivity index (χ0n) is 13.3. The number of hydrogen-bond donors (Lipinski definition) is 1. The van der Waals surface area contributed by atoms with E-state index in [4.69, 9.17) is 16.0 Å². The smallest absolute Gasteiger partial charge is 0.310 e. The summed E-state index contributed by atoms with van der Waals surface area (Å²) in [6.45, 7) is 0. The lowest BCUT2D eigenvalue weighted by Crippen LogP contribution is -1.91. The largest absolute Gasteiger partial charge is 0.479 e. The molecule has 4 nitrogen and oxygen atoms in total. The van der Waals surface area contributed by atoms with E-state index in [0.29, 0.717) is 23.0 Å². The molecule has 0 bridgehead atoms. The maximum Gasteiger partial charge on any atom is 0.310 e. The molecule has 25 heavy (non-hydrogen) atoms. The maximum absolute atomic E-state index is 10.0. The summed E-state index contributed by atoms with van der Waals surface area (Å²) in [4.78, 5) is 8.75. The van der Waals surface area contributed by atoms with Crippen molar-refractivity contribution >= 4 is 35.2 Å².